The lowest BCUT2D eigenvalue weighted by molar-refractivity contribution is 0.0600. The number of hydrogen-bond acceptors (Lipinski definition) is 4. The Labute approximate surface area is 126 Å². The highest BCUT2D eigenvalue weighted by Crippen LogP contribution is 2.19. The van der Waals surface area contributed by atoms with Crippen LogP contribution in [0, 0.1) is 0 Å². The molecule has 0 unspecified atom stereocenters. The maximum absolute atomic E-state index is 12.1. The van der Waals surface area contributed by atoms with E-state index in [0.29, 0.717) is 27.5 Å². The molecule has 1 amide bonds. The Morgan fingerprint density at radius 2 is 1.81 bits per heavy atom. The number of carbonyl (C=O) groups excluding carboxylic acids is 2. The van der Waals surface area contributed by atoms with E-state index in [9.17, 15) is 9.59 Å². The van der Waals surface area contributed by atoms with Crippen LogP contribution in [-0.2, 0) is 4.74 Å². The molecular weight excluding hydrogens is 292 g/mol. The zero-order valence-electron chi connectivity index (χ0n) is 11.2. The number of methoxy groups -OCH3 is 1. The number of halogens is 1. The number of esters is 1. The summed E-state index contributed by atoms with van der Waals surface area (Å²) in [6.45, 7) is 0. The smallest absolute Gasteiger partial charge is 0.337 e. The highest BCUT2D eigenvalue weighted by molar-refractivity contribution is 6.31. The van der Waals surface area contributed by atoms with Crippen LogP contribution in [0.2, 0.25) is 5.02 Å². The van der Waals surface area contributed by atoms with Gasteiger partial charge in [0.1, 0.15) is 0 Å². The number of nitrogens with two attached hydrogens (primary N) is 1. The first-order valence-corrected chi connectivity index (χ1v) is 6.44. The number of hydrogen-bond donors (Lipinski definition) is 2. The van der Waals surface area contributed by atoms with Crippen molar-refractivity contribution in [2.45, 2.75) is 0 Å². The van der Waals surface area contributed by atoms with E-state index in [1.165, 1.54) is 13.2 Å². The molecule has 2 aromatic rings. The summed E-state index contributed by atoms with van der Waals surface area (Å²) in [5, 5.41) is 3.15. The average Bonchev–Trinajstić information content (AvgIpc) is 2.47. The third kappa shape index (κ3) is 3.52. The van der Waals surface area contributed by atoms with Gasteiger partial charge in [-0.15, -0.1) is 0 Å². The van der Waals surface area contributed by atoms with E-state index in [4.69, 9.17) is 17.3 Å². The fourth-order valence-corrected chi connectivity index (χ4v) is 1.93. The molecule has 0 bridgehead atoms. The van der Waals surface area contributed by atoms with Crippen LogP contribution in [0.4, 0.5) is 11.4 Å². The van der Waals surface area contributed by atoms with Crippen LogP contribution in [0.1, 0.15) is 20.7 Å². The number of nitrogen functional groups attached to an aromatic ring is 1. The van der Waals surface area contributed by atoms with E-state index in [1.807, 2.05) is 0 Å². The highest BCUT2D eigenvalue weighted by atomic mass is 35.5. The van der Waals surface area contributed by atoms with Crippen LogP contribution < -0.4 is 11.1 Å². The van der Waals surface area contributed by atoms with Gasteiger partial charge in [0.25, 0.3) is 5.91 Å². The SMILES string of the molecule is COC(=O)c1ccc(NC(=O)c2ccc(Cl)cc2N)cc1. The largest absolute Gasteiger partial charge is 0.465 e. The van der Waals surface area contributed by atoms with Crippen molar-refractivity contribution >= 4 is 34.9 Å². The molecule has 108 valence electrons. The third-order valence-corrected chi connectivity index (χ3v) is 3.06. The minimum atomic E-state index is -0.435. The fourth-order valence-electron chi connectivity index (χ4n) is 1.75. The van der Waals surface area contributed by atoms with Gasteiger partial charge >= 0.3 is 5.97 Å². The minimum absolute atomic E-state index is 0.297. The summed E-state index contributed by atoms with van der Waals surface area (Å²) in [5.41, 5.74) is 7.33. The van der Waals surface area contributed by atoms with Crippen LogP contribution in [0.15, 0.2) is 42.5 Å². The lowest BCUT2D eigenvalue weighted by Crippen LogP contribution is -2.14. The normalized spacial score (nSPS) is 10.0. The Hall–Kier alpha value is -2.53. The molecule has 0 aliphatic rings. The second kappa shape index (κ2) is 6.28. The number of nitrogens with one attached hydrogen (secondary N) is 1. The monoisotopic (exact) mass is 304 g/mol. The molecule has 0 atom stereocenters. The Morgan fingerprint density at radius 3 is 2.38 bits per heavy atom. The minimum Gasteiger partial charge on any atom is -0.465 e. The first-order valence-electron chi connectivity index (χ1n) is 6.06. The molecule has 0 aliphatic heterocycles. The summed E-state index contributed by atoms with van der Waals surface area (Å²) in [6, 6.07) is 11.0. The number of benzene rings is 2. The molecule has 0 aliphatic carbocycles. The van der Waals surface area contributed by atoms with E-state index in [0.717, 1.165) is 0 Å². The van der Waals surface area contributed by atoms with E-state index < -0.39 is 5.97 Å². The second-order valence-corrected chi connectivity index (χ2v) is 4.69. The zero-order valence-corrected chi connectivity index (χ0v) is 12.0. The van der Waals surface area contributed by atoms with Gasteiger partial charge in [0, 0.05) is 16.4 Å². The molecule has 0 spiro atoms. The summed E-state index contributed by atoms with van der Waals surface area (Å²) in [4.78, 5) is 23.4. The van der Waals surface area contributed by atoms with Gasteiger partial charge < -0.3 is 15.8 Å². The van der Waals surface area contributed by atoms with E-state index in [-0.39, 0.29) is 5.91 Å². The van der Waals surface area contributed by atoms with Crippen LogP contribution in [0.3, 0.4) is 0 Å². The standard InChI is InChI=1S/C15H13ClN2O3/c1-21-15(20)9-2-5-11(6-3-9)18-14(19)12-7-4-10(16)8-13(12)17/h2-8H,17H2,1H3,(H,18,19). The third-order valence-electron chi connectivity index (χ3n) is 2.82. The molecule has 5 nitrogen and oxygen atoms in total. The van der Waals surface area contributed by atoms with Gasteiger partial charge in [-0.25, -0.2) is 4.79 Å². The Kier molecular flexibility index (Phi) is 4.45. The van der Waals surface area contributed by atoms with Crippen molar-refractivity contribution in [2.24, 2.45) is 0 Å². The summed E-state index contributed by atoms with van der Waals surface area (Å²) in [6.07, 6.45) is 0. The number of carbonyl (C=O) groups is 2. The van der Waals surface area contributed by atoms with Crippen molar-refractivity contribution in [3.63, 3.8) is 0 Å². The van der Waals surface area contributed by atoms with Crippen LogP contribution in [0.25, 0.3) is 0 Å². The van der Waals surface area contributed by atoms with E-state index in [1.54, 1.807) is 36.4 Å². The molecule has 3 N–H and O–H groups in total. The van der Waals surface area contributed by atoms with Crippen molar-refractivity contribution in [1.29, 1.82) is 0 Å². The number of anilines is 2. The van der Waals surface area contributed by atoms with Gasteiger partial charge in [0.15, 0.2) is 0 Å². The molecule has 2 aromatic carbocycles. The Morgan fingerprint density at radius 1 is 1.14 bits per heavy atom. The van der Waals surface area contributed by atoms with Crippen LogP contribution >= 0.6 is 11.6 Å². The number of amides is 1. The maximum Gasteiger partial charge on any atom is 0.337 e. The molecule has 6 heteroatoms. The predicted octanol–water partition coefficient (Wildman–Crippen LogP) is 2.96. The molecular formula is C15H13ClN2O3. The molecule has 0 radical (unpaired) electrons. The molecule has 0 aromatic heterocycles. The number of ether oxygens (including phenoxy) is 1. The van der Waals surface area contributed by atoms with Crippen molar-refractivity contribution in [3.05, 3.63) is 58.6 Å². The van der Waals surface area contributed by atoms with Crippen LogP contribution in [0.5, 0.6) is 0 Å². The molecule has 0 heterocycles. The van der Waals surface area contributed by atoms with E-state index in [2.05, 4.69) is 10.1 Å². The first kappa shape index (κ1) is 14.9. The predicted molar refractivity (Wildman–Crippen MR) is 81.6 cm³/mol. The van der Waals surface area contributed by atoms with Gasteiger partial charge in [-0.2, -0.15) is 0 Å². The summed E-state index contributed by atoms with van der Waals surface area (Å²) in [7, 11) is 1.31. The summed E-state index contributed by atoms with van der Waals surface area (Å²) in [5.74, 6) is -0.787. The first-order chi connectivity index (χ1) is 10.0. The van der Waals surface area contributed by atoms with Crippen molar-refractivity contribution in [2.75, 3.05) is 18.2 Å². The van der Waals surface area contributed by atoms with Gasteiger partial charge in [-0.1, -0.05) is 11.6 Å². The lowest BCUT2D eigenvalue weighted by atomic mass is 10.1. The average molecular weight is 305 g/mol. The molecule has 0 saturated carbocycles. The fraction of sp³-hybridized carbons (Fsp3) is 0.0667. The summed E-state index contributed by atoms with van der Waals surface area (Å²) >= 11 is 5.79. The molecule has 21 heavy (non-hydrogen) atoms. The van der Waals surface area contributed by atoms with Gasteiger partial charge in [-0.3, -0.25) is 4.79 Å². The van der Waals surface area contributed by atoms with Gasteiger partial charge in [-0.05, 0) is 42.5 Å². The Balaban J connectivity index is 2.14. The topological polar surface area (TPSA) is 81.4 Å². The van der Waals surface area contributed by atoms with Gasteiger partial charge in [0.05, 0.1) is 18.2 Å². The second-order valence-electron chi connectivity index (χ2n) is 4.25. The van der Waals surface area contributed by atoms with E-state index >= 15 is 0 Å². The number of rotatable bonds is 3. The zero-order chi connectivity index (χ0) is 15.4. The molecule has 0 fully saturated rings. The van der Waals surface area contributed by atoms with Crippen molar-refractivity contribution in [3.8, 4) is 0 Å². The quantitative estimate of drug-likeness (QED) is 0.674. The molecule has 2 rings (SSSR count). The summed E-state index contributed by atoms with van der Waals surface area (Å²) < 4.78 is 4.60. The van der Waals surface area contributed by atoms with Crippen LogP contribution in [-0.4, -0.2) is 19.0 Å². The molecule has 0 saturated heterocycles. The Bertz CT molecular complexity index is 684. The lowest BCUT2D eigenvalue weighted by Gasteiger charge is -2.08. The van der Waals surface area contributed by atoms with Gasteiger partial charge in [0.2, 0.25) is 0 Å². The maximum atomic E-state index is 12.1. The van der Waals surface area contributed by atoms with Crippen molar-refractivity contribution in [1.82, 2.24) is 0 Å². The van der Waals surface area contributed by atoms with Crippen molar-refractivity contribution < 1.29 is 14.3 Å². The highest BCUT2D eigenvalue weighted by Gasteiger charge is 2.11.